The van der Waals surface area contributed by atoms with Crippen LogP contribution in [0.3, 0.4) is 0 Å². The van der Waals surface area contributed by atoms with Gasteiger partial charge in [0.2, 0.25) is 0 Å². The molecule has 0 N–H and O–H groups in total. The Labute approximate surface area is 143 Å². The van der Waals surface area contributed by atoms with Crippen molar-refractivity contribution in [1.29, 1.82) is 0 Å². The molecule has 23 heavy (non-hydrogen) atoms. The van der Waals surface area contributed by atoms with E-state index in [0.717, 1.165) is 39.3 Å². The van der Waals surface area contributed by atoms with Crippen LogP contribution in [0.25, 0.3) is 0 Å². The molecule has 3 rings (SSSR count). The summed E-state index contributed by atoms with van der Waals surface area (Å²) in [6.07, 6.45) is 4.09. The Morgan fingerprint density at radius 2 is 2.09 bits per heavy atom. The van der Waals surface area contributed by atoms with Crippen LogP contribution in [-0.2, 0) is 19.6 Å². The van der Waals surface area contributed by atoms with Crippen LogP contribution in [-0.4, -0.2) is 45.5 Å². The Morgan fingerprint density at radius 3 is 2.78 bits per heavy atom. The van der Waals surface area contributed by atoms with Gasteiger partial charge in [-0.25, -0.2) is 4.98 Å². The zero-order valence-electron chi connectivity index (χ0n) is 14.5. The monoisotopic (exact) mass is 332 g/mol. The van der Waals surface area contributed by atoms with E-state index in [1.165, 1.54) is 22.1 Å². The average Bonchev–Trinajstić information content (AvgIpc) is 3.10. The van der Waals surface area contributed by atoms with Crippen LogP contribution in [0.15, 0.2) is 24.5 Å². The van der Waals surface area contributed by atoms with Crippen molar-refractivity contribution >= 4 is 11.3 Å². The van der Waals surface area contributed by atoms with E-state index in [1.54, 1.807) is 0 Å². The number of fused-ring (bicyclic) bond motifs is 1. The second kappa shape index (κ2) is 7.60. The topological polar surface area (TPSA) is 24.3 Å². The zero-order chi connectivity index (χ0) is 16.2. The van der Waals surface area contributed by atoms with Crippen molar-refractivity contribution in [3.63, 3.8) is 0 Å². The molecule has 1 aliphatic rings. The highest BCUT2D eigenvalue weighted by Crippen LogP contribution is 2.22. The van der Waals surface area contributed by atoms with Crippen molar-refractivity contribution in [1.82, 2.24) is 19.4 Å². The molecule has 0 radical (unpaired) electrons. The summed E-state index contributed by atoms with van der Waals surface area (Å²) >= 11 is 1.92. The van der Waals surface area contributed by atoms with Gasteiger partial charge in [0.1, 0.15) is 5.82 Å². The first-order chi connectivity index (χ1) is 11.2. The first kappa shape index (κ1) is 16.7. The van der Waals surface area contributed by atoms with E-state index >= 15 is 0 Å². The predicted octanol–water partition coefficient (Wildman–Crippen LogP) is 3.23. The highest BCUT2D eigenvalue weighted by atomic mass is 32.1. The summed E-state index contributed by atoms with van der Waals surface area (Å²) in [6.45, 7) is 14.4. The van der Waals surface area contributed by atoms with Gasteiger partial charge in [-0.05, 0) is 32.1 Å². The van der Waals surface area contributed by atoms with E-state index in [9.17, 15) is 0 Å². The first-order valence-corrected chi connectivity index (χ1v) is 9.49. The third-order valence-electron chi connectivity index (χ3n) is 4.72. The van der Waals surface area contributed by atoms with Crippen molar-refractivity contribution in [2.45, 2.75) is 40.4 Å². The fourth-order valence-corrected chi connectivity index (χ4v) is 4.43. The average molecular weight is 333 g/mol. The Balaban J connectivity index is 1.74. The maximum absolute atomic E-state index is 4.58. The van der Waals surface area contributed by atoms with E-state index in [4.69, 9.17) is 0 Å². The quantitative estimate of drug-likeness (QED) is 0.812. The molecule has 0 fully saturated rings. The highest BCUT2D eigenvalue weighted by molar-refractivity contribution is 7.11. The number of aromatic nitrogens is 2. The second-order valence-electron chi connectivity index (χ2n) is 6.53. The normalized spacial score (nSPS) is 19.0. The molecule has 126 valence electrons. The molecule has 0 saturated carbocycles. The van der Waals surface area contributed by atoms with E-state index < -0.39 is 0 Å². The molecule has 5 heteroatoms. The molecule has 0 amide bonds. The zero-order valence-corrected chi connectivity index (χ0v) is 15.4. The third kappa shape index (κ3) is 4.22. The highest BCUT2D eigenvalue weighted by Gasteiger charge is 2.23. The van der Waals surface area contributed by atoms with Gasteiger partial charge in [0.15, 0.2) is 0 Å². The van der Waals surface area contributed by atoms with Gasteiger partial charge in [0.25, 0.3) is 0 Å². The van der Waals surface area contributed by atoms with Gasteiger partial charge >= 0.3 is 0 Å². The summed E-state index contributed by atoms with van der Waals surface area (Å²) in [7, 11) is 0. The molecular weight excluding hydrogens is 304 g/mol. The van der Waals surface area contributed by atoms with Gasteiger partial charge in [-0.15, -0.1) is 11.3 Å². The Bertz CT molecular complexity index is 614. The Hall–Kier alpha value is -1.17. The lowest BCUT2D eigenvalue weighted by molar-refractivity contribution is 0.175. The molecule has 2 aromatic rings. The van der Waals surface area contributed by atoms with Crippen LogP contribution >= 0.6 is 11.3 Å². The molecule has 0 aliphatic carbocycles. The molecule has 1 aliphatic heterocycles. The Kier molecular flexibility index (Phi) is 5.51. The summed E-state index contributed by atoms with van der Waals surface area (Å²) in [5, 5.41) is 0. The van der Waals surface area contributed by atoms with Gasteiger partial charge < -0.3 is 9.47 Å². The molecule has 3 heterocycles. The Morgan fingerprint density at radius 1 is 1.26 bits per heavy atom. The fourth-order valence-electron chi connectivity index (χ4n) is 3.50. The molecule has 0 spiro atoms. The van der Waals surface area contributed by atoms with E-state index in [1.807, 2.05) is 17.5 Å². The molecule has 0 bridgehead atoms. The number of nitrogens with zero attached hydrogens (tertiary/aromatic N) is 4. The van der Waals surface area contributed by atoms with E-state index in [-0.39, 0.29) is 0 Å². The minimum absolute atomic E-state index is 0.659. The van der Waals surface area contributed by atoms with Gasteiger partial charge in [-0.2, -0.15) is 0 Å². The van der Waals surface area contributed by atoms with Gasteiger partial charge in [0, 0.05) is 54.2 Å². The van der Waals surface area contributed by atoms with Gasteiger partial charge in [-0.3, -0.25) is 4.90 Å². The van der Waals surface area contributed by atoms with Crippen LogP contribution in [0.5, 0.6) is 0 Å². The lowest BCUT2D eigenvalue weighted by Crippen LogP contribution is -2.36. The summed E-state index contributed by atoms with van der Waals surface area (Å²) in [5.41, 5.74) is 0. The molecule has 0 aromatic carbocycles. The van der Waals surface area contributed by atoms with E-state index in [0.29, 0.717) is 5.92 Å². The lowest BCUT2D eigenvalue weighted by Gasteiger charge is -2.28. The van der Waals surface area contributed by atoms with Gasteiger partial charge in [0.05, 0.1) is 6.54 Å². The second-order valence-corrected chi connectivity index (χ2v) is 7.90. The molecule has 2 aromatic heterocycles. The standard InChI is InChI=1S/C18H28N4S/c1-4-20(5-2)10-16-11-21(13-17-7-6-15(3)23-17)14-18-19-8-9-22(18)12-16/h6-9,16H,4-5,10-14H2,1-3H3/t16-/m1/s1. The van der Waals surface area contributed by atoms with Crippen molar-refractivity contribution in [3.8, 4) is 0 Å². The summed E-state index contributed by atoms with van der Waals surface area (Å²) < 4.78 is 2.35. The van der Waals surface area contributed by atoms with Crippen LogP contribution in [0.2, 0.25) is 0 Å². The smallest absolute Gasteiger partial charge is 0.122 e. The number of rotatable bonds is 6. The number of hydrogen-bond acceptors (Lipinski definition) is 4. The number of thiophene rings is 1. The molecular formula is C18H28N4S. The lowest BCUT2D eigenvalue weighted by atomic mass is 10.1. The number of imidazole rings is 1. The minimum Gasteiger partial charge on any atom is -0.333 e. The molecule has 0 unspecified atom stereocenters. The maximum atomic E-state index is 4.58. The van der Waals surface area contributed by atoms with Crippen molar-refractivity contribution in [2.24, 2.45) is 5.92 Å². The summed E-state index contributed by atoms with van der Waals surface area (Å²) in [4.78, 5) is 12.6. The summed E-state index contributed by atoms with van der Waals surface area (Å²) in [5.74, 6) is 1.87. The van der Waals surface area contributed by atoms with Gasteiger partial charge in [-0.1, -0.05) is 13.8 Å². The molecule has 4 nitrogen and oxygen atoms in total. The summed E-state index contributed by atoms with van der Waals surface area (Å²) in [6, 6.07) is 4.50. The predicted molar refractivity (Wildman–Crippen MR) is 96.7 cm³/mol. The number of hydrogen-bond donors (Lipinski definition) is 0. The molecule has 1 atom stereocenters. The fraction of sp³-hybridized carbons (Fsp3) is 0.611. The molecule has 0 saturated heterocycles. The van der Waals surface area contributed by atoms with Crippen LogP contribution in [0, 0.1) is 12.8 Å². The van der Waals surface area contributed by atoms with E-state index in [2.05, 4.69) is 58.5 Å². The minimum atomic E-state index is 0.659. The van der Waals surface area contributed by atoms with Crippen LogP contribution in [0.1, 0.15) is 29.4 Å². The van der Waals surface area contributed by atoms with Crippen LogP contribution < -0.4 is 0 Å². The maximum Gasteiger partial charge on any atom is 0.122 e. The van der Waals surface area contributed by atoms with Crippen LogP contribution in [0.4, 0.5) is 0 Å². The largest absolute Gasteiger partial charge is 0.333 e. The third-order valence-corrected chi connectivity index (χ3v) is 5.71. The first-order valence-electron chi connectivity index (χ1n) is 8.68. The SMILES string of the molecule is CCN(CC)C[C@@H]1CN(Cc2ccc(C)s2)Cc2nccn2C1. The number of aryl methyl sites for hydroxylation is 1. The van der Waals surface area contributed by atoms with Crippen molar-refractivity contribution < 1.29 is 0 Å². The van der Waals surface area contributed by atoms with Crippen molar-refractivity contribution in [3.05, 3.63) is 40.1 Å². The van der Waals surface area contributed by atoms with Crippen molar-refractivity contribution in [2.75, 3.05) is 26.2 Å².